The van der Waals surface area contributed by atoms with Gasteiger partial charge in [0.15, 0.2) is 0 Å². The lowest BCUT2D eigenvalue weighted by molar-refractivity contribution is -0.141. The molecule has 4 N–H and O–H groups in total. The van der Waals surface area contributed by atoms with Crippen molar-refractivity contribution in [3.8, 4) is 0 Å². The molecule has 0 bridgehead atoms. The third kappa shape index (κ3) is 19.5. The van der Waals surface area contributed by atoms with Crippen LogP contribution in [0.4, 0.5) is 0 Å². The third-order valence-corrected chi connectivity index (χ3v) is 6.26. The highest BCUT2D eigenvalue weighted by Crippen LogP contribution is 2.22. The van der Waals surface area contributed by atoms with Crippen molar-refractivity contribution in [2.24, 2.45) is 17.4 Å². The number of rotatable bonds is 22. The zero-order valence-electron chi connectivity index (χ0n) is 24.8. The van der Waals surface area contributed by atoms with E-state index in [0.29, 0.717) is 52.0 Å². The molecule has 0 saturated heterocycles. The SMILES string of the molecule is CC(C)CCOC(COC(C)(C)CCOC(C)(C)CCN)COC(C)(C)CCOC(C)(C)CCN. The summed E-state index contributed by atoms with van der Waals surface area (Å²) in [5.74, 6) is 0.591. The van der Waals surface area contributed by atoms with E-state index in [1.807, 2.05) is 0 Å². The average molecular weight is 505 g/mol. The number of nitrogens with two attached hydrogens (primary N) is 2. The molecule has 0 aromatic rings. The van der Waals surface area contributed by atoms with Gasteiger partial charge in [-0.2, -0.15) is 0 Å². The predicted molar refractivity (Wildman–Crippen MR) is 146 cm³/mol. The van der Waals surface area contributed by atoms with Crippen LogP contribution in [0.2, 0.25) is 0 Å². The molecular formula is C28H60N2O5. The summed E-state index contributed by atoms with van der Waals surface area (Å²) in [7, 11) is 0. The van der Waals surface area contributed by atoms with Gasteiger partial charge in [-0.3, -0.25) is 0 Å². The lowest BCUT2D eigenvalue weighted by atomic mass is 10.0. The Kier molecular flexibility index (Phi) is 16.4. The fourth-order valence-corrected chi connectivity index (χ4v) is 3.38. The lowest BCUT2D eigenvalue weighted by Gasteiger charge is -2.33. The van der Waals surface area contributed by atoms with Crippen molar-refractivity contribution in [2.45, 2.75) is 130 Å². The van der Waals surface area contributed by atoms with E-state index in [9.17, 15) is 0 Å². The summed E-state index contributed by atoms with van der Waals surface area (Å²) < 4.78 is 30.9. The van der Waals surface area contributed by atoms with Crippen molar-refractivity contribution in [3.05, 3.63) is 0 Å². The van der Waals surface area contributed by atoms with Crippen LogP contribution in [0, 0.1) is 5.92 Å². The maximum Gasteiger partial charge on any atom is 0.104 e. The molecule has 7 heteroatoms. The molecule has 0 unspecified atom stereocenters. The number of ether oxygens (including phenoxy) is 5. The molecule has 0 fully saturated rings. The van der Waals surface area contributed by atoms with Gasteiger partial charge in [0.1, 0.15) is 6.10 Å². The normalized spacial score (nSPS) is 13.9. The van der Waals surface area contributed by atoms with Crippen molar-refractivity contribution in [2.75, 3.05) is 46.1 Å². The Hall–Kier alpha value is -0.280. The van der Waals surface area contributed by atoms with E-state index in [0.717, 1.165) is 32.1 Å². The van der Waals surface area contributed by atoms with Crippen LogP contribution >= 0.6 is 0 Å². The maximum absolute atomic E-state index is 6.30. The van der Waals surface area contributed by atoms with Gasteiger partial charge < -0.3 is 35.2 Å². The largest absolute Gasteiger partial charge is 0.375 e. The molecule has 212 valence electrons. The van der Waals surface area contributed by atoms with E-state index >= 15 is 0 Å². The summed E-state index contributed by atoms with van der Waals surface area (Å²) >= 11 is 0. The fraction of sp³-hybridized carbons (Fsp3) is 1.00. The average Bonchev–Trinajstić information content (AvgIpc) is 2.68. The van der Waals surface area contributed by atoms with E-state index in [1.165, 1.54) is 0 Å². The zero-order chi connectivity index (χ0) is 27.2. The molecule has 7 nitrogen and oxygen atoms in total. The summed E-state index contributed by atoms with van der Waals surface area (Å²) in [6.07, 6.45) is 4.14. The topological polar surface area (TPSA) is 98.2 Å². The van der Waals surface area contributed by atoms with E-state index in [1.54, 1.807) is 0 Å². The molecule has 0 heterocycles. The first-order valence-corrected chi connectivity index (χ1v) is 13.6. The van der Waals surface area contributed by atoms with E-state index in [2.05, 4.69) is 69.2 Å². The van der Waals surface area contributed by atoms with Crippen molar-refractivity contribution < 1.29 is 23.7 Å². The summed E-state index contributed by atoms with van der Waals surface area (Å²) in [6, 6.07) is 0. The van der Waals surface area contributed by atoms with Crippen LogP contribution in [-0.2, 0) is 23.7 Å². The third-order valence-electron chi connectivity index (χ3n) is 6.26. The first-order valence-electron chi connectivity index (χ1n) is 13.6. The molecule has 0 aromatic heterocycles. The molecule has 0 saturated carbocycles. The van der Waals surface area contributed by atoms with Gasteiger partial charge >= 0.3 is 0 Å². The van der Waals surface area contributed by atoms with Gasteiger partial charge in [0.05, 0.1) is 48.8 Å². The van der Waals surface area contributed by atoms with Gasteiger partial charge in [-0.05, 0) is 107 Å². The number of hydrogen-bond acceptors (Lipinski definition) is 7. The Morgan fingerprint density at radius 2 is 0.914 bits per heavy atom. The van der Waals surface area contributed by atoms with Crippen molar-refractivity contribution in [3.63, 3.8) is 0 Å². The Balaban J connectivity index is 4.73. The minimum Gasteiger partial charge on any atom is -0.375 e. The smallest absolute Gasteiger partial charge is 0.104 e. The van der Waals surface area contributed by atoms with Gasteiger partial charge in [0.25, 0.3) is 0 Å². The van der Waals surface area contributed by atoms with Crippen LogP contribution in [-0.4, -0.2) is 74.6 Å². The molecule has 35 heavy (non-hydrogen) atoms. The van der Waals surface area contributed by atoms with Crippen molar-refractivity contribution in [1.82, 2.24) is 0 Å². The Morgan fingerprint density at radius 1 is 0.543 bits per heavy atom. The van der Waals surface area contributed by atoms with E-state index < -0.39 is 0 Å². The molecule has 0 radical (unpaired) electrons. The Morgan fingerprint density at radius 3 is 1.26 bits per heavy atom. The van der Waals surface area contributed by atoms with Gasteiger partial charge in [-0.25, -0.2) is 0 Å². The second-order valence-electron chi connectivity index (χ2n) is 12.6. The minimum atomic E-state index is -0.323. The van der Waals surface area contributed by atoms with E-state index in [4.69, 9.17) is 35.2 Å². The van der Waals surface area contributed by atoms with Crippen molar-refractivity contribution in [1.29, 1.82) is 0 Å². The first-order chi connectivity index (χ1) is 16.0. The quantitative estimate of drug-likeness (QED) is 0.212. The van der Waals surface area contributed by atoms with Crippen LogP contribution < -0.4 is 11.5 Å². The maximum atomic E-state index is 6.30. The van der Waals surface area contributed by atoms with Crippen LogP contribution in [0.1, 0.15) is 101 Å². The van der Waals surface area contributed by atoms with Crippen LogP contribution in [0.15, 0.2) is 0 Å². The molecule has 0 rings (SSSR count). The Bertz CT molecular complexity index is 495. The molecular weight excluding hydrogens is 444 g/mol. The molecule has 0 aliphatic heterocycles. The zero-order valence-corrected chi connectivity index (χ0v) is 24.8. The molecule has 0 atom stereocenters. The Labute approximate surface area is 217 Å². The monoisotopic (exact) mass is 504 g/mol. The standard InChI is InChI=1S/C28H60N2O5/c1-23(2)11-18-31-24(21-34-27(7,8)14-19-32-25(3,4)12-16-29)22-35-28(9,10)15-20-33-26(5,6)13-17-30/h23-24H,11-22,29-30H2,1-10H3. The summed E-state index contributed by atoms with van der Waals surface area (Å²) in [6.45, 7) is 25.3. The minimum absolute atomic E-state index is 0.128. The summed E-state index contributed by atoms with van der Waals surface area (Å²) in [5.41, 5.74) is 10.3. The highest BCUT2D eigenvalue weighted by molar-refractivity contribution is 4.76. The highest BCUT2D eigenvalue weighted by Gasteiger charge is 2.27. The van der Waals surface area contributed by atoms with Crippen LogP contribution in [0.3, 0.4) is 0 Å². The molecule has 0 aliphatic rings. The first kappa shape index (κ1) is 34.7. The van der Waals surface area contributed by atoms with Crippen LogP contribution in [0.25, 0.3) is 0 Å². The van der Waals surface area contributed by atoms with Gasteiger partial charge in [0, 0.05) is 6.61 Å². The highest BCUT2D eigenvalue weighted by atomic mass is 16.6. The molecule has 0 aromatic carbocycles. The van der Waals surface area contributed by atoms with Crippen LogP contribution in [0.5, 0.6) is 0 Å². The molecule has 0 spiro atoms. The fourth-order valence-electron chi connectivity index (χ4n) is 3.38. The lowest BCUT2D eigenvalue weighted by Crippen LogP contribution is -2.38. The van der Waals surface area contributed by atoms with Gasteiger partial charge in [0.2, 0.25) is 0 Å². The second-order valence-corrected chi connectivity index (χ2v) is 12.6. The van der Waals surface area contributed by atoms with Gasteiger partial charge in [-0.15, -0.1) is 0 Å². The number of hydrogen-bond donors (Lipinski definition) is 2. The van der Waals surface area contributed by atoms with E-state index in [-0.39, 0.29) is 28.5 Å². The second kappa shape index (κ2) is 16.5. The van der Waals surface area contributed by atoms with Crippen molar-refractivity contribution >= 4 is 0 Å². The predicted octanol–water partition coefficient (Wildman–Crippen LogP) is 5.08. The summed E-state index contributed by atoms with van der Waals surface area (Å²) in [5, 5.41) is 0. The summed E-state index contributed by atoms with van der Waals surface area (Å²) in [4.78, 5) is 0. The molecule has 0 aliphatic carbocycles. The van der Waals surface area contributed by atoms with Gasteiger partial charge in [-0.1, -0.05) is 13.8 Å². The molecule has 0 amide bonds.